The molecule has 0 aromatic heterocycles. The van der Waals surface area contributed by atoms with Crippen LogP contribution in [0.2, 0.25) is 0 Å². The van der Waals surface area contributed by atoms with Gasteiger partial charge in [-0.1, -0.05) is 0 Å². The van der Waals surface area contributed by atoms with E-state index in [1.807, 2.05) is 0 Å². The van der Waals surface area contributed by atoms with E-state index in [1.54, 1.807) is 6.26 Å². The standard InChI is InChI=1S/C11H13FO4S/c1-15-7-5-4-6(8(12)10(7)17-3)9(13)11(14)16-2/h4-5,9,13H,1-3H3. The normalized spacial score (nSPS) is 12.1. The van der Waals surface area contributed by atoms with Gasteiger partial charge in [0.2, 0.25) is 0 Å². The molecular formula is C11H13FO4S. The van der Waals surface area contributed by atoms with Crippen molar-refractivity contribution in [3.63, 3.8) is 0 Å². The van der Waals surface area contributed by atoms with Crippen molar-refractivity contribution in [1.29, 1.82) is 0 Å². The van der Waals surface area contributed by atoms with Crippen LogP contribution in [-0.4, -0.2) is 31.6 Å². The molecule has 1 atom stereocenters. The summed E-state index contributed by atoms with van der Waals surface area (Å²) in [5, 5.41) is 9.59. The maximum atomic E-state index is 14.0. The Morgan fingerprint density at radius 2 is 2.12 bits per heavy atom. The lowest BCUT2D eigenvalue weighted by molar-refractivity contribution is -0.150. The third-order valence-corrected chi connectivity index (χ3v) is 3.02. The SMILES string of the molecule is COC(=O)C(O)c1ccc(OC)c(SC)c1F. The molecule has 94 valence electrons. The summed E-state index contributed by atoms with van der Waals surface area (Å²) in [6.45, 7) is 0. The predicted octanol–water partition coefficient (Wildman–Crippen LogP) is 1.76. The van der Waals surface area contributed by atoms with Gasteiger partial charge in [-0.15, -0.1) is 11.8 Å². The number of rotatable bonds is 4. The molecule has 0 radical (unpaired) electrons. The summed E-state index contributed by atoms with van der Waals surface area (Å²) < 4.78 is 23.3. The highest BCUT2D eigenvalue weighted by molar-refractivity contribution is 7.98. The van der Waals surface area contributed by atoms with E-state index in [9.17, 15) is 14.3 Å². The van der Waals surface area contributed by atoms with Crippen LogP contribution in [0.15, 0.2) is 17.0 Å². The molecule has 0 aliphatic rings. The van der Waals surface area contributed by atoms with Crippen LogP contribution in [0.3, 0.4) is 0 Å². The van der Waals surface area contributed by atoms with Gasteiger partial charge in [-0.25, -0.2) is 9.18 Å². The van der Waals surface area contributed by atoms with Crippen molar-refractivity contribution in [3.8, 4) is 5.75 Å². The fourth-order valence-electron chi connectivity index (χ4n) is 1.35. The average molecular weight is 260 g/mol. The number of thioether (sulfide) groups is 1. The summed E-state index contributed by atoms with van der Waals surface area (Å²) in [7, 11) is 2.55. The van der Waals surface area contributed by atoms with Crippen molar-refractivity contribution in [2.45, 2.75) is 11.0 Å². The summed E-state index contributed by atoms with van der Waals surface area (Å²) in [6, 6.07) is 2.80. The van der Waals surface area contributed by atoms with E-state index in [2.05, 4.69) is 4.74 Å². The van der Waals surface area contributed by atoms with Gasteiger partial charge in [0.25, 0.3) is 0 Å². The summed E-state index contributed by atoms with van der Waals surface area (Å²) >= 11 is 1.13. The second-order valence-electron chi connectivity index (χ2n) is 3.13. The minimum absolute atomic E-state index is 0.123. The smallest absolute Gasteiger partial charge is 0.339 e. The number of halogens is 1. The Labute approximate surface area is 103 Å². The lowest BCUT2D eigenvalue weighted by atomic mass is 10.1. The second-order valence-corrected chi connectivity index (χ2v) is 3.95. The average Bonchev–Trinajstić information content (AvgIpc) is 2.36. The van der Waals surface area contributed by atoms with Gasteiger partial charge in [0.1, 0.15) is 11.6 Å². The highest BCUT2D eigenvalue weighted by Gasteiger charge is 2.24. The quantitative estimate of drug-likeness (QED) is 0.660. The maximum absolute atomic E-state index is 14.0. The first-order valence-electron chi connectivity index (χ1n) is 4.73. The third-order valence-electron chi connectivity index (χ3n) is 2.23. The molecule has 1 aromatic carbocycles. The van der Waals surface area contributed by atoms with Gasteiger partial charge in [0.15, 0.2) is 6.10 Å². The number of hydrogen-bond acceptors (Lipinski definition) is 5. The Bertz CT molecular complexity index is 422. The molecule has 0 heterocycles. The predicted molar refractivity (Wildman–Crippen MR) is 61.7 cm³/mol. The summed E-state index contributed by atoms with van der Waals surface area (Å²) in [6.07, 6.45) is 0.0479. The Kier molecular flexibility index (Phi) is 4.77. The lowest BCUT2D eigenvalue weighted by Gasteiger charge is -2.14. The first-order valence-corrected chi connectivity index (χ1v) is 5.95. The molecule has 4 nitrogen and oxygen atoms in total. The zero-order chi connectivity index (χ0) is 13.0. The lowest BCUT2D eigenvalue weighted by Crippen LogP contribution is -2.15. The number of aliphatic hydroxyl groups excluding tert-OH is 1. The van der Waals surface area contributed by atoms with E-state index in [1.165, 1.54) is 19.2 Å². The molecule has 0 bridgehead atoms. The molecule has 6 heteroatoms. The molecule has 17 heavy (non-hydrogen) atoms. The van der Waals surface area contributed by atoms with Crippen molar-refractivity contribution < 1.29 is 23.8 Å². The van der Waals surface area contributed by atoms with E-state index in [0.29, 0.717) is 5.75 Å². The number of methoxy groups -OCH3 is 2. The molecular weight excluding hydrogens is 247 g/mol. The van der Waals surface area contributed by atoms with Crippen LogP contribution in [0.5, 0.6) is 5.75 Å². The molecule has 0 aliphatic heterocycles. The first-order chi connectivity index (χ1) is 8.06. The fraction of sp³-hybridized carbons (Fsp3) is 0.364. The van der Waals surface area contributed by atoms with Crippen LogP contribution >= 0.6 is 11.8 Å². The monoisotopic (exact) mass is 260 g/mol. The van der Waals surface area contributed by atoms with Gasteiger partial charge in [-0.2, -0.15) is 0 Å². The highest BCUT2D eigenvalue weighted by atomic mass is 32.2. The Morgan fingerprint density at radius 3 is 2.59 bits per heavy atom. The fourth-order valence-corrected chi connectivity index (χ4v) is 2.00. The molecule has 0 aliphatic carbocycles. The Morgan fingerprint density at radius 1 is 1.47 bits per heavy atom. The first kappa shape index (κ1) is 13.8. The van der Waals surface area contributed by atoms with Crippen molar-refractivity contribution in [2.75, 3.05) is 20.5 Å². The van der Waals surface area contributed by atoms with Crippen LogP contribution < -0.4 is 4.74 Å². The Hall–Kier alpha value is -1.27. The maximum Gasteiger partial charge on any atom is 0.339 e. The second kappa shape index (κ2) is 5.88. The van der Waals surface area contributed by atoms with E-state index in [0.717, 1.165) is 18.9 Å². The molecule has 0 amide bonds. The van der Waals surface area contributed by atoms with Crippen LogP contribution in [-0.2, 0) is 9.53 Å². The van der Waals surface area contributed by atoms with Gasteiger partial charge < -0.3 is 14.6 Å². The van der Waals surface area contributed by atoms with Crippen LogP contribution in [0, 0.1) is 5.82 Å². The molecule has 1 aromatic rings. The van der Waals surface area contributed by atoms with E-state index < -0.39 is 17.9 Å². The topological polar surface area (TPSA) is 55.8 Å². The summed E-state index contributed by atoms with van der Waals surface area (Å²) in [5.41, 5.74) is -0.123. The van der Waals surface area contributed by atoms with Crippen LogP contribution in [0.25, 0.3) is 0 Å². The molecule has 0 fully saturated rings. The zero-order valence-electron chi connectivity index (χ0n) is 9.69. The van der Waals surface area contributed by atoms with Gasteiger partial charge in [0, 0.05) is 5.56 Å². The van der Waals surface area contributed by atoms with Gasteiger partial charge in [-0.3, -0.25) is 0 Å². The summed E-state index contributed by atoms with van der Waals surface area (Å²) in [5.74, 6) is -1.22. The number of aliphatic hydroxyl groups is 1. The largest absolute Gasteiger partial charge is 0.495 e. The van der Waals surface area contributed by atoms with Crippen molar-refractivity contribution >= 4 is 17.7 Å². The molecule has 1 N–H and O–H groups in total. The zero-order valence-corrected chi connectivity index (χ0v) is 10.5. The third kappa shape index (κ3) is 2.70. The molecule has 0 saturated carbocycles. The number of benzene rings is 1. The minimum atomic E-state index is -1.63. The number of hydrogen-bond donors (Lipinski definition) is 1. The molecule has 0 saturated heterocycles. The molecule has 1 rings (SSSR count). The number of carbonyl (C=O) groups excluding carboxylic acids is 1. The van der Waals surface area contributed by atoms with Crippen LogP contribution in [0.4, 0.5) is 4.39 Å². The number of ether oxygens (including phenoxy) is 2. The van der Waals surface area contributed by atoms with Crippen molar-refractivity contribution in [3.05, 3.63) is 23.5 Å². The number of carbonyl (C=O) groups is 1. The molecule has 1 unspecified atom stereocenters. The minimum Gasteiger partial charge on any atom is -0.495 e. The molecule has 0 spiro atoms. The highest BCUT2D eigenvalue weighted by Crippen LogP contribution is 2.34. The van der Waals surface area contributed by atoms with Crippen LogP contribution in [0.1, 0.15) is 11.7 Å². The Balaban J connectivity index is 3.23. The van der Waals surface area contributed by atoms with Gasteiger partial charge in [-0.05, 0) is 18.4 Å². The van der Waals surface area contributed by atoms with Gasteiger partial charge >= 0.3 is 5.97 Å². The van der Waals surface area contributed by atoms with Crippen molar-refractivity contribution in [2.24, 2.45) is 0 Å². The van der Waals surface area contributed by atoms with Crippen molar-refractivity contribution in [1.82, 2.24) is 0 Å². The summed E-state index contributed by atoms with van der Waals surface area (Å²) in [4.78, 5) is 11.4. The van der Waals surface area contributed by atoms with E-state index in [-0.39, 0.29) is 10.5 Å². The number of esters is 1. The van der Waals surface area contributed by atoms with E-state index >= 15 is 0 Å². The van der Waals surface area contributed by atoms with Gasteiger partial charge in [0.05, 0.1) is 19.1 Å². The van der Waals surface area contributed by atoms with E-state index in [4.69, 9.17) is 4.74 Å².